The zero-order valence-electron chi connectivity index (χ0n) is 21.7. The number of carbonyl (C=O) groups is 4. The minimum atomic E-state index is -0.641. The molecule has 4 amide bonds. The summed E-state index contributed by atoms with van der Waals surface area (Å²) in [4.78, 5) is 55.8. The lowest BCUT2D eigenvalue weighted by molar-refractivity contribution is -0.133. The molecule has 11 heteroatoms. The Morgan fingerprint density at radius 3 is 2.54 bits per heavy atom. The minimum Gasteiger partial charge on any atom is -0.381 e. The van der Waals surface area contributed by atoms with Gasteiger partial charge in [-0.1, -0.05) is 23.9 Å². The maximum atomic E-state index is 12.9. The van der Waals surface area contributed by atoms with Gasteiger partial charge in [-0.05, 0) is 55.3 Å². The van der Waals surface area contributed by atoms with Crippen molar-refractivity contribution in [3.63, 3.8) is 0 Å². The Morgan fingerprint density at radius 1 is 1.08 bits per heavy atom. The van der Waals surface area contributed by atoms with E-state index in [1.807, 2.05) is 49.4 Å². The van der Waals surface area contributed by atoms with Crippen LogP contribution in [0.3, 0.4) is 0 Å². The fraction of sp³-hybridized carbons (Fsp3) is 0.357. The maximum absolute atomic E-state index is 12.9. The predicted octanol–water partition coefficient (Wildman–Crippen LogP) is 3.39. The van der Waals surface area contributed by atoms with Crippen LogP contribution in [0, 0.1) is 0 Å². The van der Waals surface area contributed by atoms with Crippen LogP contribution in [0.1, 0.15) is 29.4 Å². The summed E-state index contributed by atoms with van der Waals surface area (Å²) in [5, 5.41) is 5.16. The van der Waals surface area contributed by atoms with E-state index in [4.69, 9.17) is 4.74 Å². The Morgan fingerprint density at radius 2 is 1.85 bits per heavy atom. The molecular weight excluding hydrogens is 518 g/mol. The molecule has 3 aromatic rings. The number of hydrogen-bond donors (Lipinski definition) is 3. The Balaban J connectivity index is 1.14. The van der Waals surface area contributed by atoms with Gasteiger partial charge in [0.15, 0.2) is 0 Å². The standard InChI is InChI=1S/C28H31N5O5S/c1-2-38-15-10-18-4-3-5-22-21(18)16-23(30-22)26(35)29-19-6-8-20(9-7-19)32-11-13-33(14-12-32)25(34)17-24-27(36)31-28(37)39-24/h3-9,16,24,30H,2,10-15,17H2,1H3,(H,29,35)(H,31,36,37). The fourth-order valence-electron chi connectivity index (χ4n) is 4.87. The molecule has 2 aliphatic heterocycles. The van der Waals surface area contributed by atoms with Crippen LogP contribution < -0.4 is 15.5 Å². The number of carbonyl (C=O) groups excluding carboxylic acids is 4. The first-order valence-corrected chi connectivity index (χ1v) is 13.9. The molecule has 0 bridgehead atoms. The third-order valence-corrected chi connectivity index (χ3v) is 7.95. The molecule has 2 aromatic carbocycles. The number of anilines is 2. The lowest BCUT2D eigenvalue weighted by atomic mass is 10.1. The summed E-state index contributed by atoms with van der Waals surface area (Å²) in [5.41, 5.74) is 4.24. The van der Waals surface area contributed by atoms with Gasteiger partial charge in [-0.15, -0.1) is 0 Å². The van der Waals surface area contributed by atoms with Crippen LogP contribution in [-0.4, -0.2) is 77.5 Å². The van der Waals surface area contributed by atoms with Crippen LogP contribution in [0.2, 0.25) is 0 Å². The van der Waals surface area contributed by atoms with E-state index >= 15 is 0 Å². The molecule has 3 heterocycles. The molecule has 204 valence electrons. The van der Waals surface area contributed by atoms with Crippen molar-refractivity contribution in [3.05, 3.63) is 59.8 Å². The van der Waals surface area contributed by atoms with Crippen molar-refractivity contribution in [2.45, 2.75) is 25.0 Å². The summed E-state index contributed by atoms with van der Waals surface area (Å²) in [6, 6.07) is 15.5. The quantitative estimate of drug-likeness (QED) is 0.350. The summed E-state index contributed by atoms with van der Waals surface area (Å²) >= 11 is 0.878. The van der Waals surface area contributed by atoms with Crippen LogP contribution >= 0.6 is 11.8 Å². The minimum absolute atomic E-state index is 0.0294. The fourth-order valence-corrected chi connectivity index (χ4v) is 5.68. The van der Waals surface area contributed by atoms with Gasteiger partial charge in [-0.2, -0.15) is 0 Å². The highest BCUT2D eigenvalue weighted by Crippen LogP contribution is 2.25. The first-order chi connectivity index (χ1) is 18.9. The molecular formula is C28H31N5O5S. The molecule has 2 aliphatic rings. The SMILES string of the molecule is CCOCCc1cccc2[nH]c(C(=O)Nc3ccc(N4CCN(C(=O)CC5SC(=O)NC5=O)CC4)cc3)cc12. The highest BCUT2D eigenvalue weighted by Gasteiger charge is 2.35. The highest BCUT2D eigenvalue weighted by molar-refractivity contribution is 8.15. The van der Waals surface area contributed by atoms with Gasteiger partial charge in [0.1, 0.15) is 10.9 Å². The van der Waals surface area contributed by atoms with Crippen molar-refractivity contribution < 1.29 is 23.9 Å². The second-order valence-electron chi connectivity index (χ2n) is 9.46. The first-order valence-electron chi connectivity index (χ1n) is 13.0. The molecule has 0 spiro atoms. The van der Waals surface area contributed by atoms with Crippen LogP contribution in [0.4, 0.5) is 16.2 Å². The Kier molecular flexibility index (Phi) is 8.18. The number of aromatic amines is 1. The van der Waals surface area contributed by atoms with Gasteiger partial charge in [0.2, 0.25) is 11.8 Å². The zero-order chi connectivity index (χ0) is 27.4. The van der Waals surface area contributed by atoms with Gasteiger partial charge >= 0.3 is 0 Å². The summed E-state index contributed by atoms with van der Waals surface area (Å²) in [5.74, 6) is -0.720. The number of thioether (sulfide) groups is 1. The van der Waals surface area contributed by atoms with E-state index in [9.17, 15) is 19.2 Å². The van der Waals surface area contributed by atoms with E-state index in [1.54, 1.807) is 4.90 Å². The Bertz CT molecular complexity index is 1380. The molecule has 1 atom stereocenters. The van der Waals surface area contributed by atoms with Crippen molar-refractivity contribution in [2.75, 3.05) is 49.6 Å². The van der Waals surface area contributed by atoms with Crippen molar-refractivity contribution in [3.8, 4) is 0 Å². The number of benzene rings is 2. The van der Waals surface area contributed by atoms with Crippen molar-refractivity contribution >= 4 is 57.0 Å². The number of H-pyrrole nitrogens is 1. The van der Waals surface area contributed by atoms with Crippen LogP contribution in [0.5, 0.6) is 0 Å². The smallest absolute Gasteiger partial charge is 0.286 e. The van der Waals surface area contributed by atoms with Gasteiger partial charge in [0, 0.05) is 61.5 Å². The molecule has 2 fully saturated rings. The van der Waals surface area contributed by atoms with E-state index in [0.717, 1.165) is 40.3 Å². The third kappa shape index (κ3) is 6.26. The predicted molar refractivity (Wildman–Crippen MR) is 151 cm³/mol. The molecule has 3 N–H and O–H groups in total. The largest absolute Gasteiger partial charge is 0.381 e. The average Bonchev–Trinajstić information content (AvgIpc) is 3.52. The van der Waals surface area contributed by atoms with Crippen molar-refractivity contribution in [1.82, 2.24) is 15.2 Å². The van der Waals surface area contributed by atoms with Gasteiger partial charge in [-0.25, -0.2) is 0 Å². The van der Waals surface area contributed by atoms with Crippen molar-refractivity contribution in [2.24, 2.45) is 0 Å². The van der Waals surface area contributed by atoms with E-state index in [-0.39, 0.29) is 18.2 Å². The summed E-state index contributed by atoms with van der Waals surface area (Å²) in [6.07, 6.45) is 0.813. The summed E-state index contributed by atoms with van der Waals surface area (Å²) < 4.78 is 5.49. The number of fused-ring (bicyclic) bond motifs is 1. The molecule has 39 heavy (non-hydrogen) atoms. The number of piperazine rings is 1. The second-order valence-corrected chi connectivity index (χ2v) is 10.6. The van der Waals surface area contributed by atoms with Crippen LogP contribution in [-0.2, 0) is 20.7 Å². The van der Waals surface area contributed by atoms with E-state index < -0.39 is 16.4 Å². The molecule has 10 nitrogen and oxygen atoms in total. The maximum Gasteiger partial charge on any atom is 0.286 e. The van der Waals surface area contributed by atoms with Gasteiger partial charge < -0.3 is 24.8 Å². The number of imide groups is 1. The average molecular weight is 550 g/mol. The number of rotatable bonds is 9. The monoisotopic (exact) mass is 549 g/mol. The number of nitrogens with one attached hydrogen (secondary N) is 3. The normalized spacial score (nSPS) is 17.5. The number of amides is 4. The summed E-state index contributed by atoms with van der Waals surface area (Å²) in [6.45, 7) is 5.67. The second kappa shape index (κ2) is 11.9. The molecule has 2 saturated heterocycles. The molecule has 0 saturated carbocycles. The Labute approximate surface area is 230 Å². The molecule has 1 aromatic heterocycles. The van der Waals surface area contributed by atoms with Gasteiger partial charge in [0.05, 0.1) is 6.61 Å². The lowest BCUT2D eigenvalue weighted by Gasteiger charge is -2.36. The number of aromatic nitrogens is 1. The van der Waals surface area contributed by atoms with E-state index in [2.05, 4.69) is 26.6 Å². The van der Waals surface area contributed by atoms with Gasteiger partial charge in [-0.3, -0.25) is 24.5 Å². The Hall–Kier alpha value is -3.83. The molecule has 5 rings (SSSR count). The van der Waals surface area contributed by atoms with Crippen LogP contribution in [0.15, 0.2) is 48.5 Å². The highest BCUT2D eigenvalue weighted by atomic mass is 32.2. The van der Waals surface area contributed by atoms with Gasteiger partial charge in [0.25, 0.3) is 11.1 Å². The summed E-state index contributed by atoms with van der Waals surface area (Å²) in [7, 11) is 0. The molecule has 0 radical (unpaired) electrons. The topological polar surface area (TPSA) is 124 Å². The lowest BCUT2D eigenvalue weighted by Crippen LogP contribution is -2.49. The number of ether oxygens (including phenoxy) is 1. The van der Waals surface area contributed by atoms with Crippen LogP contribution in [0.25, 0.3) is 10.9 Å². The molecule has 1 unspecified atom stereocenters. The van der Waals surface area contributed by atoms with E-state index in [0.29, 0.717) is 50.8 Å². The first kappa shape index (κ1) is 26.8. The molecule has 0 aliphatic carbocycles. The van der Waals surface area contributed by atoms with E-state index in [1.165, 1.54) is 0 Å². The van der Waals surface area contributed by atoms with Crippen molar-refractivity contribution in [1.29, 1.82) is 0 Å². The zero-order valence-corrected chi connectivity index (χ0v) is 22.5. The number of nitrogens with zero attached hydrogens (tertiary/aromatic N) is 2. The number of hydrogen-bond acceptors (Lipinski definition) is 7. The third-order valence-electron chi connectivity index (χ3n) is 6.97.